The molecule has 8 heteroatoms. The van der Waals surface area contributed by atoms with Crippen LogP contribution in [0.25, 0.3) is 0 Å². The number of carbonyl (C=O) groups excluding carboxylic acids is 2. The third kappa shape index (κ3) is 5.39. The normalized spacial score (nSPS) is 19.3. The van der Waals surface area contributed by atoms with Gasteiger partial charge in [-0.05, 0) is 41.0 Å². The van der Waals surface area contributed by atoms with Crippen LogP contribution in [0.2, 0.25) is 0 Å². The largest absolute Gasteiger partial charge is 0.480 e. The topological polar surface area (TPSA) is 85.7 Å². The van der Waals surface area contributed by atoms with E-state index in [1.807, 2.05) is 55.5 Å². The second kappa shape index (κ2) is 8.01. The van der Waals surface area contributed by atoms with Crippen LogP contribution in [0.5, 0.6) is 5.75 Å². The molecule has 1 N–H and O–H groups in total. The average molecular weight is 395 g/mol. The van der Waals surface area contributed by atoms with E-state index < -0.39 is 5.60 Å². The van der Waals surface area contributed by atoms with Crippen LogP contribution in [0.15, 0.2) is 0 Å². The third-order valence-electron chi connectivity index (χ3n) is 5.01. The summed E-state index contributed by atoms with van der Waals surface area (Å²) in [6, 6.07) is -0.0432. The first-order chi connectivity index (χ1) is 12.8. The SMILES string of the molecule is Cc1nn(C)c(C)c1OCC(=O)N[C@H]1CCN(C(=O)OC(C)(C)C)CC1(C)C. The Hall–Kier alpha value is -2.25. The monoisotopic (exact) mass is 394 g/mol. The summed E-state index contributed by atoms with van der Waals surface area (Å²) in [6.45, 7) is 14.4. The van der Waals surface area contributed by atoms with Gasteiger partial charge in [0.15, 0.2) is 12.4 Å². The second-order valence-corrected chi connectivity index (χ2v) is 9.21. The molecule has 0 unspecified atom stereocenters. The van der Waals surface area contributed by atoms with Crippen molar-refractivity contribution in [1.82, 2.24) is 20.0 Å². The first kappa shape index (κ1) is 22.0. The summed E-state index contributed by atoms with van der Waals surface area (Å²) in [5, 5.41) is 7.35. The summed E-state index contributed by atoms with van der Waals surface area (Å²) < 4.78 is 12.9. The number of hydrogen-bond acceptors (Lipinski definition) is 5. The quantitative estimate of drug-likeness (QED) is 0.848. The molecule has 158 valence electrons. The summed E-state index contributed by atoms with van der Waals surface area (Å²) in [5.41, 5.74) is 0.854. The zero-order chi connectivity index (χ0) is 21.3. The van der Waals surface area contributed by atoms with Gasteiger partial charge in [-0.2, -0.15) is 5.10 Å². The van der Waals surface area contributed by atoms with Gasteiger partial charge in [-0.3, -0.25) is 9.48 Å². The molecule has 1 saturated heterocycles. The highest BCUT2D eigenvalue weighted by molar-refractivity contribution is 5.78. The van der Waals surface area contributed by atoms with Crippen LogP contribution in [-0.2, 0) is 16.6 Å². The van der Waals surface area contributed by atoms with E-state index in [1.165, 1.54) is 0 Å². The Labute approximate surface area is 167 Å². The molecule has 28 heavy (non-hydrogen) atoms. The summed E-state index contributed by atoms with van der Waals surface area (Å²) in [4.78, 5) is 26.5. The van der Waals surface area contributed by atoms with Crippen molar-refractivity contribution in [3.8, 4) is 5.75 Å². The van der Waals surface area contributed by atoms with Crippen LogP contribution >= 0.6 is 0 Å². The number of nitrogens with zero attached hydrogens (tertiary/aromatic N) is 3. The fourth-order valence-corrected chi connectivity index (χ4v) is 3.44. The first-order valence-electron chi connectivity index (χ1n) is 9.70. The summed E-state index contributed by atoms with van der Waals surface area (Å²) in [6.07, 6.45) is 0.361. The zero-order valence-electron chi connectivity index (χ0n) is 18.4. The zero-order valence-corrected chi connectivity index (χ0v) is 18.4. The Kier molecular flexibility index (Phi) is 6.31. The number of rotatable bonds is 4. The van der Waals surface area contributed by atoms with E-state index in [0.29, 0.717) is 25.3 Å². The van der Waals surface area contributed by atoms with Gasteiger partial charge in [-0.25, -0.2) is 4.79 Å². The van der Waals surface area contributed by atoms with Crippen molar-refractivity contribution in [2.75, 3.05) is 19.7 Å². The van der Waals surface area contributed by atoms with Crippen molar-refractivity contribution in [2.24, 2.45) is 12.5 Å². The molecule has 2 amide bonds. The summed E-state index contributed by atoms with van der Waals surface area (Å²) >= 11 is 0. The molecule has 0 radical (unpaired) electrons. The Morgan fingerprint density at radius 1 is 1.29 bits per heavy atom. The number of amides is 2. The molecule has 0 bridgehead atoms. The van der Waals surface area contributed by atoms with E-state index in [4.69, 9.17) is 9.47 Å². The van der Waals surface area contributed by atoms with Gasteiger partial charge in [0.2, 0.25) is 0 Å². The van der Waals surface area contributed by atoms with Crippen LogP contribution in [0.1, 0.15) is 52.4 Å². The summed E-state index contributed by atoms with van der Waals surface area (Å²) in [7, 11) is 1.84. The van der Waals surface area contributed by atoms with Gasteiger partial charge in [0.05, 0.1) is 5.69 Å². The minimum Gasteiger partial charge on any atom is -0.480 e. The van der Waals surface area contributed by atoms with Crippen molar-refractivity contribution in [3.63, 3.8) is 0 Å². The average Bonchev–Trinajstić information content (AvgIpc) is 2.78. The molecule has 1 aliphatic heterocycles. The standard InChI is InChI=1S/C20H34N4O4/c1-13-17(14(2)23(8)22-13)27-11-16(25)21-15-9-10-24(12-20(15,6)7)18(26)28-19(3,4)5/h15H,9-12H2,1-8H3,(H,21,25)/t15-/m0/s1. The van der Waals surface area contributed by atoms with Crippen LogP contribution in [0.4, 0.5) is 4.79 Å². The van der Waals surface area contributed by atoms with Gasteiger partial charge in [0.1, 0.15) is 11.3 Å². The van der Waals surface area contributed by atoms with Crippen molar-refractivity contribution in [3.05, 3.63) is 11.4 Å². The Morgan fingerprint density at radius 3 is 2.43 bits per heavy atom. The highest BCUT2D eigenvalue weighted by Gasteiger charge is 2.39. The molecule has 8 nitrogen and oxygen atoms in total. The van der Waals surface area contributed by atoms with E-state index >= 15 is 0 Å². The van der Waals surface area contributed by atoms with Crippen molar-refractivity contribution in [1.29, 1.82) is 0 Å². The lowest BCUT2D eigenvalue weighted by atomic mass is 9.79. The molecule has 0 aliphatic carbocycles. The smallest absolute Gasteiger partial charge is 0.410 e. The van der Waals surface area contributed by atoms with Gasteiger partial charge in [-0.1, -0.05) is 13.8 Å². The number of likely N-dealkylation sites (tertiary alicyclic amines) is 1. The highest BCUT2D eigenvalue weighted by Crippen LogP contribution is 2.30. The fourth-order valence-electron chi connectivity index (χ4n) is 3.44. The van der Waals surface area contributed by atoms with Gasteiger partial charge >= 0.3 is 6.09 Å². The predicted molar refractivity (Wildman–Crippen MR) is 106 cm³/mol. The number of aryl methyl sites for hydroxylation is 2. The fraction of sp³-hybridized carbons (Fsp3) is 0.750. The van der Waals surface area contributed by atoms with E-state index in [0.717, 1.165) is 11.4 Å². The molecule has 1 aromatic heterocycles. The van der Waals surface area contributed by atoms with Gasteiger partial charge in [0.25, 0.3) is 5.91 Å². The molecule has 1 fully saturated rings. The number of hydrogen-bond donors (Lipinski definition) is 1. The number of nitrogens with one attached hydrogen (secondary N) is 1. The lowest BCUT2D eigenvalue weighted by Crippen LogP contribution is -2.57. The molecule has 2 rings (SSSR count). The van der Waals surface area contributed by atoms with E-state index in [-0.39, 0.29) is 30.1 Å². The molecular formula is C20H34N4O4. The first-order valence-corrected chi connectivity index (χ1v) is 9.70. The Bertz CT molecular complexity index is 733. The predicted octanol–water partition coefficient (Wildman–Crippen LogP) is 2.57. The van der Waals surface area contributed by atoms with Crippen molar-refractivity contribution < 1.29 is 19.1 Å². The molecule has 1 aromatic rings. The minimum atomic E-state index is -0.522. The maximum atomic E-state index is 12.4. The van der Waals surface area contributed by atoms with Crippen LogP contribution in [-0.4, -0.2) is 58.0 Å². The Balaban J connectivity index is 1.90. The molecule has 0 saturated carbocycles. The highest BCUT2D eigenvalue weighted by atomic mass is 16.6. The minimum absolute atomic E-state index is 0.0432. The van der Waals surface area contributed by atoms with Crippen molar-refractivity contribution in [2.45, 2.75) is 66.5 Å². The van der Waals surface area contributed by atoms with Crippen LogP contribution in [0.3, 0.4) is 0 Å². The lowest BCUT2D eigenvalue weighted by molar-refractivity contribution is -0.125. The van der Waals surface area contributed by atoms with E-state index in [2.05, 4.69) is 10.4 Å². The number of carbonyl (C=O) groups is 2. The summed E-state index contributed by atoms with van der Waals surface area (Å²) in [5.74, 6) is 0.475. The molecule has 0 aromatic carbocycles. The van der Waals surface area contributed by atoms with Gasteiger partial charge in [-0.15, -0.1) is 0 Å². The second-order valence-electron chi connectivity index (χ2n) is 9.21. The van der Waals surface area contributed by atoms with Gasteiger partial charge in [0, 0.05) is 31.6 Å². The molecule has 2 heterocycles. The Morgan fingerprint density at radius 2 is 1.93 bits per heavy atom. The number of piperidine rings is 1. The molecule has 1 atom stereocenters. The van der Waals surface area contributed by atoms with E-state index in [1.54, 1.807) is 9.58 Å². The maximum Gasteiger partial charge on any atom is 0.410 e. The maximum absolute atomic E-state index is 12.4. The van der Waals surface area contributed by atoms with Crippen LogP contribution in [0, 0.1) is 19.3 Å². The number of aromatic nitrogens is 2. The van der Waals surface area contributed by atoms with Crippen molar-refractivity contribution >= 4 is 12.0 Å². The molecule has 1 aliphatic rings. The third-order valence-corrected chi connectivity index (χ3v) is 5.01. The number of ether oxygens (including phenoxy) is 2. The lowest BCUT2D eigenvalue weighted by Gasteiger charge is -2.44. The van der Waals surface area contributed by atoms with Crippen LogP contribution < -0.4 is 10.1 Å². The molecule has 0 spiro atoms. The van der Waals surface area contributed by atoms with Gasteiger partial charge < -0.3 is 19.7 Å². The molecular weight excluding hydrogens is 360 g/mol. The van der Waals surface area contributed by atoms with E-state index in [9.17, 15) is 9.59 Å².